The molecule has 0 bridgehead atoms. The number of anilines is 1. The number of amides is 1. The normalized spacial score (nSPS) is 21.8. The van der Waals surface area contributed by atoms with Gasteiger partial charge in [0, 0.05) is 17.2 Å². The lowest BCUT2D eigenvalue weighted by Gasteiger charge is -2.39. The number of aliphatic imine (C=N–C) groups is 1. The molecule has 1 aliphatic carbocycles. The summed E-state index contributed by atoms with van der Waals surface area (Å²) in [6, 6.07) is 19.1. The van der Waals surface area contributed by atoms with Crippen LogP contribution in [0.4, 0.5) is 24.5 Å². The van der Waals surface area contributed by atoms with Crippen LogP contribution in [0.5, 0.6) is 0 Å². The maximum atomic E-state index is 13.9. The first-order valence-electron chi connectivity index (χ1n) is 11.6. The van der Waals surface area contributed by atoms with E-state index in [1.165, 1.54) is 6.07 Å². The number of fused-ring (bicyclic) bond motifs is 2. The van der Waals surface area contributed by atoms with E-state index in [1.807, 2.05) is 19.1 Å². The van der Waals surface area contributed by atoms with E-state index in [2.05, 4.69) is 0 Å². The van der Waals surface area contributed by atoms with E-state index >= 15 is 0 Å². The highest BCUT2D eigenvalue weighted by atomic mass is 35.5. The molecule has 4 nitrogen and oxygen atoms in total. The number of carbonyl (C=O) groups excluding carboxylic acids is 2. The number of hydrogen-bond acceptors (Lipinski definition) is 3. The van der Waals surface area contributed by atoms with E-state index in [1.54, 1.807) is 54.6 Å². The Labute approximate surface area is 211 Å². The van der Waals surface area contributed by atoms with Crippen LogP contribution >= 0.6 is 11.6 Å². The summed E-state index contributed by atoms with van der Waals surface area (Å²) in [7, 11) is 0. The van der Waals surface area contributed by atoms with Gasteiger partial charge in [-0.25, -0.2) is 0 Å². The van der Waals surface area contributed by atoms with E-state index in [-0.39, 0.29) is 29.5 Å². The van der Waals surface area contributed by atoms with Gasteiger partial charge in [0.1, 0.15) is 5.78 Å². The SMILES string of the molecule is Cc1ccc([C@@H]2[C@@H]3C(=O)C[C@@H](c4ccccc4Cl)CC3=Nc3ccccc3N2C(=O)C(F)(F)F)cc1. The molecule has 1 saturated carbocycles. The van der Waals surface area contributed by atoms with Gasteiger partial charge in [0.25, 0.3) is 0 Å². The minimum Gasteiger partial charge on any atom is -0.299 e. The summed E-state index contributed by atoms with van der Waals surface area (Å²) < 4.78 is 41.8. The van der Waals surface area contributed by atoms with Crippen LogP contribution in [-0.4, -0.2) is 23.6 Å². The van der Waals surface area contributed by atoms with Crippen LogP contribution < -0.4 is 4.90 Å². The van der Waals surface area contributed by atoms with Crippen LogP contribution in [0.1, 0.15) is 41.5 Å². The molecule has 0 unspecified atom stereocenters. The summed E-state index contributed by atoms with van der Waals surface area (Å²) in [6.07, 6.45) is -4.72. The van der Waals surface area contributed by atoms with Crippen LogP contribution in [0.15, 0.2) is 77.8 Å². The van der Waals surface area contributed by atoms with Crippen molar-refractivity contribution in [3.63, 3.8) is 0 Å². The molecule has 184 valence electrons. The summed E-state index contributed by atoms with van der Waals surface area (Å²) in [4.78, 5) is 32.1. The predicted octanol–water partition coefficient (Wildman–Crippen LogP) is 7.13. The molecule has 5 rings (SSSR count). The Morgan fingerprint density at radius 1 is 0.972 bits per heavy atom. The molecule has 1 fully saturated rings. The van der Waals surface area contributed by atoms with Crippen molar-refractivity contribution in [2.24, 2.45) is 10.9 Å². The zero-order valence-electron chi connectivity index (χ0n) is 19.3. The number of carbonyl (C=O) groups is 2. The van der Waals surface area contributed by atoms with Crippen molar-refractivity contribution < 1.29 is 22.8 Å². The maximum Gasteiger partial charge on any atom is 0.471 e. The molecule has 1 amide bonds. The first kappa shape index (κ1) is 24.3. The number of Topliss-reactive ketones (excluding diaryl/α,β-unsaturated/α-hetero) is 1. The van der Waals surface area contributed by atoms with Gasteiger partial charge in [0.2, 0.25) is 0 Å². The van der Waals surface area contributed by atoms with Crippen molar-refractivity contribution >= 4 is 40.4 Å². The number of ketones is 1. The van der Waals surface area contributed by atoms with Crippen LogP contribution in [-0.2, 0) is 9.59 Å². The largest absolute Gasteiger partial charge is 0.471 e. The van der Waals surface area contributed by atoms with Crippen molar-refractivity contribution in [1.82, 2.24) is 0 Å². The highest BCUT2D eigenvalue weighted by Gasteiger charge is 2.52. The number of benzene rings is 3. The van der Waals surface area contributed by atoms with Gasteiger partial charge >= 0.3 is 12.1 Å². The minimum absolute atomic E-state index is 0.0226. The molecule has 1 aliphatic heterocycles. The van der Waals surface area contributed by atoms with Gasteiger partial charge in [-0.3, -0.25) is 19.5 Å². The van der Waals surface area contributed by atoms with Gasteiger partial charge in [-0.2, -0.15) is 13.2 Å². The topological polar surface area (TPSA) is 49.7 Å². The Balaban J connectivity index is 1.71. The number of aryl methyl sites for hydroxylation is 1. The van der Waals surface area contributed by atoms with Gasteiger partial charge in [-0.15, -0.1) is 0 Å². The lowest BCUT2D eigenvalue weighted by Crippen LogP contribution is -2.49. The summed E-state index contributed by atoms with van der Waals surface area (Å²) in [5, 5.41) is 0.521. The predicted molar refractivity (Wildman–Crippen MR) is 133 cm³/mol. The van der Waals surface area contributed by atoms with E-state index in [4.69, 9.17) is 16.6 Å². The minimum atomic E-state index is -5.14. The highest BCUT2D eigenvalue weighted by molar-refractivity contribution is 6.31. The average molecular weight is 511 g/mol. The Morgan fingerprint density at radius 3 is 2.33 bits per heavy atom. The van der Waals surface area contributed by atoms with E-state index in [9.17, 15) is 22.8 Å². The molecule has 3 atom stereocenters. The highest BCUT2D eigenvalue weighted by Crippen LogP contribution is 2.48. The van der Waals surface area contributed by atoms with E-state index in [0.717, 1.165) is 16.0 Å². The molecule has 0 saturated heterocycles. The smallest absolute Gasteiger partial charge is 0.299 e. The second-order valence-corrected chi connectivity index (χ2v) is 9.60. The molecular weight excluding hydrogens is 489 g/mol. The van der Waals surface area contributed by atoms with Crippen molar-refractivity contribution in [3.05, 3.63) is 94.5 Å². The van der Waals surface area contributed by atoms with Crippen LogP contribution in [0.3, 0.4) is 0 Å². The second-order valence-electron chi connectivity index (χ2n) is 9.19. The number of para-hydroxylation sites is 2. The fraction of sp³-hybridized carbons (Fsp3) is 0.250. The number of nitrogens with zero attached hydrogens (tertiary/aromatic N) is 2. The molecule has 8 heteroatoms. The zero-order valence-corrected chi connectivity index (χ0v) is 20.1. The summed E-state index contributed by atoms with van der Waals surface area (Å²) in [5.41, 5.74) is 2.83. The van der Waals surface area contributed by atoms with Crippen molar-refractivity contribution in [2.75, 3.05) is 4.90 Å². The Bertz CT molecular complexity index is 1370. The maximum absolute atomic E-state index is 13.9. The summed E-state index contributed by atoms with van der Waals surface area (Å²) >= 11 is 6.42. The first-order chi connectivity index (χ1) is 17.1. The molecule has 36 heavy (non-hydrogen) atoms. The molecule has 3 aromatic rings. The van der Waals surface area contributed by atoms with E-state index < -0.39 is 24.0 Å². The zero-order chi connectivity index (χ0) is 25.6. The molecular formula is C28H22ClF3N2O2. The molecule has 1 heterocycles. The summed E-state index contributed by atoms with van der Waals surface area (Å²) in [5.74, 6) is -3.59. The van der Waals surface area contributed by atoms with Gasteiger partial charge in [-0.1, -0.05) is 71.8 Å². The van der Waals surface area contributed by atoms with Crippen molar-refractivity contribution in [3.8, 4) is 0 Å². The third-order valence-corrected chi connectivity index (χ3v) is 7.18. The molecule has 0 radical (unpaired) electrons. The lowest BCUT2D eigenvalue weighted by atomic mass is 9.72. The Morgan fingerprint density at radius 2 is 1.64 bits per heavy atom. The van der Waals surface area contributed by atoms with Crippen molar-refractivity contribution in [1.29, 1.82) is 0 Å². The van der Waals surface area contributed by atoms with Gasteiger partial charge in [0.05, 0.1) is 23.3 Å². The molecule has 2 aliphatic rings. The summed E-state index contributed by atoms with van der Waals surface area (Å²) in [6.45, 7) is 1.86. The molecule has 3 aromatic carbocycles. The molecule has 0 aromatic heterocycles. The van der Waals surface area contributed by atoms with Gasteiger partial charge in [0.15, 0.2) is 0 Å². The van der Waals surface area contributed by atoms with Crippen LogP contribution in [0, 0.1) is 12.8 Å². The Kier molecular flexibility index (Phi) is 6.20. The quantitative estimate of drug-likeness (QED) is 0.368. The number of rotatable bonds is 2. The third kappa shape index (κ3) is 4.32. The number of alkyl halides is 3. The Hall–Kier alpha value is -3.45. The van der Waals surface area contributed by atoms with E-state index in [0.29, 0.717) is 22.7 Å². The third-order valence-electron chi connectivity index (χ3n) is 6.83. The number of halogens is 4. The first-order valence-corrected chi connectivity index (χ1v) is 11.9. The van der Waals surface area contributed by atoms with Gasteiger partial charge < -0.3 is 0 Å². The molecule has 0 spiro atoms. The van der Waals surface area contributed by atoms with Crippen LogP contribution in [0.25, 0.3) is 0 Å². The van der Waals surface area contributed by atoms with Gasteiger partial charge in [-0.05, 0) is 48.6 Å². The fourth-order valence-electron chi connectivity index (χ4n) is 5.20. The second kappa shape index (κ2) is 9.21. The van der Waals surface area contributed by atoms with Crippen LogP contribution in [0.2, 0.25) is 5.02 Å². The monoisotopic (exact) mass is 510 g/mol. The fourth-order valence-corrected chi connectivity index (χ4v) is 5.49. The van der Waals surface area contributed by atoms with Crippen molar-refractivity contribution in [2.45, 2.75) is 37.9 Å². The standard InChI is InChI=1S/C28H22ClF3N2O2/c1-16-10-12-17(13-11-16)26-25-22(14-18(15-24(25)35)19-6-2-3-7-20(19)29)33-21-8-4-5-9-23(21)34(26)27(36)28(30,31)32/h2-13,18,25-26H,14-15H2,1H3/t18-,25-,26+/m0/s1. The lowest BCUT2D eigenvalue weighted by molar-refractivity contribution is -0.171. The average Bonchev–Trinajstić information content (AvgIpc) is 2.98. The number of hydrogen-bond donors (Lipinski definition) is 0. The molecule has 0 N–H and O–H groups in total.